The SMILES string of the molecule is O=Cc1ccc(-c2cc(C(=O)O)ccn2)cc1. The fraction of sp³-hybridized carbons (Fsp3) is 0. The van der Waals surface area contributed by atoms with Crippen molar-refractivity contribution in [3.8, 4) is 11.3 Å². The summed E-state index contributed by atoms with van der Waals surface area (Å²) in [6.07, 6.45) is 2.21. The minimum atomic E-state index is -0.988. The molecule has 0 radical (unpaired) electrons. The summed E-state index contributed by atoms with van der Waals surface area (Å²) in [5, 5.41) is 8.86. The molecule has 0 aliphatic heterocycles. The molecule has 0 bridgehead atoms. The van der Waals surface area contributed by atoms with Gasteiger partial charge in [-0.3, -0.25) is 9.78 Å². The van der Waals surface area contributed by atoms with Crippen LogP contribution in [0.4, 0.5) is 0 Å². The first kappa shape index (κ1) is 11.0. The number of hydrogen-bond acceptors (Lipinski definition) is 3. The summed E-state index contributed by atoms with van der Waals surface area (Å²) >= 11 is 0. The van der Waals surface area contributed by atoms with Gasteiger partial charge in [0.25, 0.3) is 0 Å². The molecule has 4 heteroatoms. The number of carbonyl (C=O) groups excluding carboxylic acids is 1. The predicted octanol–water partition coefficient (Wildman–Crippen LogP) is 2.26. The van der Waals surface area contributed by atoms with E-state index in [0.29, 0.717) is 11.3 Å². The number of aromatic nitrogens is 1. The van der Waals surface area contributed by atoms with Crippen LogP contribution in [0.2, 0.25) is 0 Å². The van der Waals surface area contributed by atoms with Gasteiger partial charge in [-0.15, -0.1) is 0 Å². The molecule has 0 spiro atoms. The summed E-state index contributed by atoms with van der Waals surface area (Å²) in [6, 6.07) is 9.73. The molecule has 1 aromatic carbocycles. The van der Waals surface area contributed by atoms with E-state index in [1.165, 1.54) is 18.3 Å². The Bertz CT molecular complexity index is 561. The summed E-state index contributed by atoms with van der Waals surface area (Å²) in [7, 11) is 0. The third kappa shape index (κ3) is 2.36. The molecule has 1 N–H and O–H groups in total. The highest BCUT2D eigenvalue weighted by Crippen LogP contribution is 2.18. The summed E-state index contributed by atoms with van der Waals surface area (Å²) in [4.78, 5) is 25.4. The largest absolute Gasteiger partial charge is 0.478 e. The van der Waals surface area contributed by atoms with E-state index in [-0.39, 0.29) is 5.56 Å². The predicted molar refractivity (Wildman–Crippen MR) is 62.0 cm³/mol. The molecule has 0 aliphatic carbocycles. The number of aldehydes is 1. The minimum Gasteiger partial charge on any atom is -0.478 e. The van der Waals surface area contributed by atoms with Gasteiger partial charge in [0.15, 0.2) is 0 Å². The van der Waals surface area contributed by atoms with E-state index in [9.17, 15) is 9.59 Å². The first-order valence-corrected chi connectivity index (χ1v) is 4.95. The first-order valence-electron chi connectivity index (χ1n) is 4.95. The van der Waals surface area contributed by atoms with Crippen molar-refractivity contribution >= 4 is 12.3 Å². The van der Waals surface area contributed by atoms with Crippen LogP contribution in [-0.4, -0.2) is 22.3 Å². The maximum atomic E-state index is 10.8. The standard InChI is InChI=1S/C13H9NO3/c15-8-9-1-3-10(4-2-9)12-7-11(13(16)17)5-6-14-12/h1-8H,(H,16,17). The van der Waals surface area contributed by atoms with E-state index >= 15 is 0 Å². The Hall–Kier alpha value is -2.49. The Labute approximate surface area is 97.6 Å². The molecule has 2 rings (SSSR count). The summed E-state index contributed by atoms with van der Waals surface area (Å²) < 4.78 is 0. The molecular weight excluding hydrogens is 218 g/mol. The zero-order chi connectivity index (χ0) is 12.3. The van der Waals surface area contributed by atoms with Gasteiger partial charge in [-0.25, -0.2) is 4.79 Å². The number of benzene rings is 1. The lowest BCUT2D eigenvalue weighted by molar-refractivity contribution is 0.0696. The second-order valence-corrected chi connectivity index (χ2v) is 3.47. The highest BCUT2D eigenvalue weighted by Gasteiger charge is 2.05. The van der Waals surface area contributed by atoms with Crippen molar-refractivity contribution < 1.29 is 14.7 Å². The van der Waals surface area contributed by atoms with E-state index in [1.807, 2.05) is 0 Å². The Kier molecular flexibility index (Phi) is 2.96. The average Bonchev–Trinajstić information content (AvgIpc) is 2.39. The maximum absolute atomic E-state index is 10.8. The normalized spacial score (nSPS) is 9.88. The van der Waals surface area contributed by atoms with E-state index < -0.39 is 5.97 Å². The van der Waals surface area contributed by atoms with Crippen molar-refractivity contribution in [1.82, 2.24) is 4.98 Å². The molecule has 0 aliphatic rings. The molecule has 4 nitrogen and oxygen atoms in total. The summed E-state index contributed by atoms with van der Waals surface area (Å²) in [6.45, 7) is 0. The van der Waals surface area contributed by atoms with Crippen LogP contribution >= 0.6 is 0 Å². The number of hydrogen-bond donors (Lipinski definition) is 1. The molecule has 0 amide bonds. The van der Waals surface area contributed by atoms with Crippen LogP contribution < -0.4 is 0 Å². The van der Waals surface area contributed by atoms with Crippen molar-refractivity contribution in [3.63, 3.8) is 0 Å². The minimum absolute atomic E-state index is 0.189. The molecule has 2 aromatic rings. The Morgan fingerprint density at radius 2 is 1.88 bits per heavy atom. The monoisotopic (exact) mass is 227 g/mol. The fourth-order valence-electron chi connectivity index (χ4n) is 1.45. The van der Waals surface area contributed by atoms with Gasteiger partial charge < -0.3 is 5.11 Å². The average molecular weight is 227 g/mol. The Morgan fingerprint density at radius 1 is 1.18 bits per heavy atom. The lowest BCUT2D eigenvalue weighted by Crippen LogP contribution is -1.97. The van der Waals surface area contributed by atoms with E-state index in [0.717, 1.165) is 11.8 Å². The molecular formula is C13H9NO3. The van der Waals surface area contributed by atoms with Crippen molar-refractivity contribution in [2.75, 3.05) is 0 Å². The quantitative estimate of drug-likeness (QED) is 0.816. The van der Waals surface area contributed by atoms with Crippen LogP contribution in [0.5, 0.6) is 0 Å². The highest BCUT2D eigenvalue weighted by molar-refractivity contribution is 5.88. The number of rotatable bonds is 3. The van der Waals surface area contributed by atoms with Gasteiger partial charge in [-0.05, 0) is 12.1 Å². The second-order valence-electron chi connectivity index (χ2n) is 3.47. The number of aromatic carboxylic acids is 1. The molecule has 0 atom stereocenters. The van der Waals surface area contributed by atoms with Crippen LogP contribution in [0.3, 0.4) is 0 Å². The van der Waals surface area contributed by atoms with Crippen molar-refractivity contribution in [2.45, 2.75) is 0 Å². The number of pyridine rings is 1. The van der Waals surface area contributed by atoms with Gasteiger partial charge in [-0.2, -0.15) is 0 Å². The summed E-state index contributed by atoms with van der Waals surface area (Å²) in [5.74, 6) is -0.988. The highest BCUT2D eigenvalue weighted by atomic mass is 16.4. The van der Waals surface area contributed by atoms with Crippen LogP contribution in [0.15, 0.2) is 42.6 Å². The van der Waals surface area contributed by atoms with Crippen molar-refractivity contribution in [2.24, 2.45) is 0 Å². The van der Waals surface area contributed by atoms with Crippen molar-refractivity contribution in [1.29, 1.82) is 0 Å². The molecule has 0 unspecified atom stereocenters. The lowest BCUT2D eigenvalue weighted by Gasteiger charge is -2.02. The van der Waals surface area contributed by atoms with E-state index in [2.05, 4.69) is 4.98 Å². The number of nitrogens with zero attached hydrogens (tertiary/aromatic N) is 1. The van der Waals surface area contributed by atoms with Crippen LogP contribution in [0.1, 0.15) is 20.7 Å². The molecule has 17 heavy (non-hydrogen) atoms. The van der Waals surface area contributed by atoms with Gasteiger partial charge in [0.1, 0.15) is 6.29 Å². The first-order chi connectivity index (χ1) is 8.20. The molecule has 1 aromatic heterocycles. The van der Waals surface area contributed by atoms with E-state index in [4.69, 9.17) is 5.11 Å². The molecule has 0 saturated carbocycles. The van der Waals surface area contributed by atoms with Gasteiger partial charge >= 0.3 is 5.97 Å². The summed E-state index contributed by atoms with van der Waals surface area (Å²) in [5.41, 5.74) is 2.11. The maximum Gasteiger partial charge on any atom is 0.335 e. The third-order valence-electron chi connectivity index (χ3n) is 2.35. The Morgan fingerprint density at radius 3 is 2.47 bits per heavy atom. The fourth-order valence-corrected chi connectivity index (χ4v) is 1.45. The smallest absolute Gasteiger partial charge is 0.335 e. The van der Waals surface area contributed by atoms with Gasteiger partial charge in [0.2, 0.25) is 0 Å². The van der Waals surface area contributed by atoms with Gasteiger partial charge in [0, 0.05) is 17.3 Å². The zero-order valence-electron chi connectivity index (χ0n) is 8.83. The van der Waals surface area contributed by atoms with Crippen LogP contribution in [0.25, 0.3) is 11.3 Å². The van der Waals surface area contributed by atoms with Crippen LogP contribution in [-0.2, 0) is 0 Å². The van der Waals surface area contributed by atoms with Gasteiger partial charge in [-0.1, -0.05) is 24.3 Å². The third-order valence-corrected chi connectivity index (χ3v) is 2.35. The molecule has 0 saturated heterocycles. The van der Waals surface area contributed by atoms with E-state index in [1.54, 1.807) is 24.3 Å². The van der Waals surface area contributed by atoms with Crippen molar-refractivity contribution in [3.05, 3.63) is 53.7 Å². The zero-order valence-corrected chi connectivity index (χ0v) is 8.83. The second kappa shape index (κ2) is 4.57. The topological polar surface area (TPSA) is 67.3 Å². The van der Waals surface area contributed by atoms with Crippen LogP contribution in [0, 0.1) is 0 Å². The number of carboxylic acid groups (broad SMARTS) is 1. The molecule has 84 valence electrons. The van der Waals surface area contributed by atoms with Gasteiger partial charge in [0.05, 0.1) is 11.3 Å². The number of carboxylic acids is 1. The molecule has 1 heterocycles. The lowest BCUT2D eigenvalue weighted by atomic mass is 10.1. The Balaban J connectivity index is 2.41. The number of carbonyl (C=O) groups is 2. The molecule has 0 fully saturated rings.